The van der Waals surface area contributed by atoms with Crippen LogP contribution in [-0.2, 0) is 14.2 Å². The van der Waals surface area contributed by atoms with Gasteiger partial charge in [0.1, 0.15) is 11.5 Å². The van der Waals surface area contributed by atoms with Crippen LogP contribution in [0.15, 0.2) is 0 Å². The van der Waals surface area contributed by atoms with Crippen molar-refractivity contribution < 1.29 is 18.6 Å². The molecule has 1 rings (SSSR count). The van der Waals surface area contributed by atoms with Crippen LogP contribution < -0.4 is 0 Å². The summed E-state index contributed by atoms with van der Waals surface area (Å²) >= 11 is 1.43. The van der Waals surface area contributed by atoms with E-state index < -0.39 is 17.7 Å². The molecule has 0 aromatic heterocycles. The number of hydrogen-bond donors (Lipinski definition) is 0. The maximum atomic E-state index is 13.5. The molecule has 0 aromatic rings. The van der Waals surface area contributed by atoms with Gasteiger partial charge in [0.25, 0.3) is 0 Å². The maximum Gasteiger partial charge on any atom is 0.163 e. The first-order valence-electron chi connectivity index (χ1n) is 4.08. The highest BCUT2D eigenvalue weighted by Crippen LogP contribution is 2.38. The minimum Gasteiger partial charge on any atom is -0.383 e. The second-order valence-corrected chi connectivity index (χ2v) is 4.22. The molecule has 0 amide bonds. The van der Waals surface area contributed by atoms with Crippen molar-refractivity contribution in [3.8, 4) is 0 Å². The summed E-state index contributed by atoms with van der Waals surface area (Å²) in [4.78, 5) is 0. The Morgan fingerprint density at radius 2 is 1.92 bits per heavy atom. The van der Waals surface area contributed by atoms with Gasteiger partial charge in [0.15, 0.2) is 6.17 Å². The van der Waals surface area contributed by atoms with E-state index in [4.69, 9.17) is 14.2 Å². The zero-order chi connectivity index (χ0) is 9.84. The lowest BCUT2D eigenvalue weighted by atomic mass is 10.2. The lowest BCUT2D eigenvalue weighted by Crippen LogP contribution is -2.33. The van der Waals surface area contributed by atoms with Crippen LogP contribution in [0.25, 0.3) is 0 Å². The van der Waals surface area contributed by atoms with Crippen LogP contribution in [0.4, 0.5) is 4.39 Å². The number of ether oxygens (including phenoxy) is 3. The maximum absolute atomic E-state index is 13.5. The molecule has 0 radical (unpaired) electrons. The summed E-state index contributed by atoms with van der Waals surface area (Å²) in [7, 11) is 4.62. The monoisotopic (exact) mass is 210 g/mol. The predicted octanol–water partition coefficient (Wildman–Crippen LogP) is 1.07. The third-order valence-corrected chi connectivity index (χ3v) is 3.56. The second kappa shape index (κ2) is 5.14. The van der Waals surface area contributed by atoms with Gasteiger partial charge in [-0.25, -0.2) is 4.39 Å². The molecule has 0 bridgehead atoms. The number of thioether (sulfide) groups is 1. The number of alkyl halides is 1. The van der Waals surface area contributed by atoms with E-state index in [1.807, 2.05) is 0 Å². The van der Waals surface area contributed by atoms with Crippen LogP contribution in [0.1, 0.15) is 0 Å². The summed E-state index contributed by atoms with van der Waals surface area (Å²) in [6.45, 7) is 0.490. The summed E-state index contributed by atoms with van der Waals surface area (Å²) in [6.07, 6.45) is -1.49. The molecule has 0 aliphatic carbocycles. The van der Waals surface area contributed by atoms with Gasteiger partial charge in [-0.05, 0) is 0 Å². The van der Waals surface area contributed by atoms with E-state index in [9.17, 15) is 4.39 Å². The van der Waals surface area contributed by atoms with Crippen LogP contribution in [-0.4, -0.2) is 50.9 Å². The Labute approximate surface area is 81.9 Å². The van der Waals surface area contributed by atoms with Gasteiger partial charge >= 0.3 is 0 Å². The van der Waals surface area contributed by atoms with Crippen LogP contribution in [0, 0.1) is 0 Å². The molecular weight excluding hydrogens is 195 g/mol. The van der Waals surface area contributed by atoms with Crippen molar-refractivity contribution in [2.75, 3.05) is 27.9 Å². The molecule has 0 N–H and O–H groups in total. The average molecular weight is 210 g/mol. The molecule has 0 aromatic carbocycles. The number of methoxy groups -OCH3 is 3. The van der Waals surface area contributed by atoms with Gasteiger partial charge in [-0.15, -0.1) is 11.8 Å². The van der Waals surface area contributed by atoms with E-state index >= 15 is 0 Å². The number of rotatable bonds is 4. The summed E-state index contributed by atoms with van der Waals surface area (Å²) in [5.74, 6) is 0. The largest absolute Gasteiger partial charge is 0.383 e. The van der Waals surface area contributed by atoms with Crippen LogP contribution in [0.2, 0.25) is 0 Å². The van der Waals surface area contributed by atoms with Gasteiger partial charge in [-0.1, -0.05) is 0 Å². The molecule has 5 heteroatoms. The quantitative estimate of drug-likeness (QED) is 0.694. The highest BCUT2D eigenvalue weighted by atomic mass is 32.2. The standard InChI is InChI=1S/C8H15FO3S/c1-10-4-5-7(11-2)6(9)8(12-3)13-5/h5-8H,4H2,1-3H3. The van der Waals surface area contributed by atoms with Crippen molar-refractivity contribution in [3.63, 3.8) is 0 Å². The molecule has 0 spiro atoms. The van der Waals surface area contributed by atoms with Crippen molar-refractivity contribution in [2.24, 2.45) is 0 Å². The second-order valence-electron chi connectivity index (χ2n) is 2.88. The van der Waals surface area contributed by atoms with Gasteiger partial charge in [-0.3, -0.25) is 0 Å². The predicted molar refractivity (Wildman–Crippen MR) is 49.7 cm³/mol. The third-order valence-electron chi connectivity index (χ3n) is 2.08. The molecular formula is C8H15FO3S. The van der Waals surface area contributed by atoms with Gasteiger partial charge in [0, 0.05) is 21.3 Å². The van der Waals surface area contributed by atoms with Crippen molar-refractivity contribution in [3.05, 3.63) is 0 Å². The Bertz CT molecular complexity index is 158. The molecule has 4 unspecified atom stereocenters. The normalized spacial score (nSPS) is 39.7. The fourth-order valence-corrected chi connectivity index (χ4v) is 2.84. The van der Waals surface area contributed by atoms with E-state index in [2.05, 4.69) is 0 Å². The van der Waals surface area contributed by atoms with E-state index in [-0.39, 0.29) is 5.25 Å². The molecule has 1 heterocycles. The number of hydrogen-bond acceptors (Lipinski definition) is 4. The molecule has 1 aliphatic heterocycles. The summed E-state index contributed by atoms with van der Waals surface area (Å²) in [6, 6.07) is 0. The highest BCUT2D eigenvalue weighted by Gasteiger charge is 2.45. The number of halogens is 1. The van der Waals surface area contributed by atoms with Gasteiger partial charge in [-0.2, -0.15) is 0 Å². The van der Waals surface area contributed by atoms with Crippen molar-refractivity contribution in [2.45, 2.75) is 23.0 Å². The molecule has 4 atom stereocenters. The third kappa shape index (κ3) is 2.34. The van der Waals surface area contributed by atoms with E-state index in [0.717, 1.165) is 0 Å². The average Bonchev–Trinajstić information content (AvgIpc) is 2.43. The smallest absolute Gasteiger partial charge is 0.163 e. The minimum atomic E-state index is -1.07. The first-order valence-corrected chi connectivity index (χ1v) is 5.03. The van der Waals surface area contributed by atoms with E-state index in [1.165, 1.54) is 26.0 Å². The van der Waals surface area contributed by atoms with Crippen molar-refractivity contribution >= 4 is 11.8 Å². The van der Waals surface area contributed by atoms with E-state index in [1.54, 1.807) is 7.11 Å². The Balaban J connectivity index is 2.55. The van der Waals surface area contributed by atoms with Gasteiger partial charge in [0.2, 0.25) is 0 Å². The molecule has 0 saturated carbocycles. The van der Waals surface area contributed by atoms with Crippen LogP contribution in [0.5, 0.6) is 0 Å². The lowest BCUT2D eigenvalue weighted by molar-refractivity contribution is -0.0112. The van der Waals surface area contributed by atoms with Crippen LogP contribution >= 0.6 is 11.8 Å². The molecule has 1 fully saturated rings. The minimum absolute atomic E-state index is 0.0231. The summed E-state index contributed by atoms with van der Waals surface area (Å²) in [5.41, 5.74) is -0.426. The zero-order valence-electron chi connectivity index (χ0n) is 8.03. The van der Waals surface area contributed by atoms with Gasteiger partial charge < -0.3 is 14.2 Å². The Hall–Kier alpha value is 0.160. The summed E-state index contributed by atoms with van der Waals surface area (Å²) in [5, 5.41) is 0.0231. The summed E-state index contributed by atoms with van der Waals surface area (Å²) < 4.78 is 28.5. The fraction of sp³-hybridized carbons (Fsp3) is 1.00. The first kappa shape index (κ1) is 11.2. The van der Waals surface area contributed by atoms with Crippen molar-refractivity contribution in [1.82, 2.24) is 0 Å². The SMILES string of the molecule is COCC1SC(OC)C(F)C1OC. The Kier molecular flexibility index (Phi) is 4.45. The topological polar surface area (TPSA) is 27.7 Å². The molecule has 1 saturated heterocycles. The van der Waals surface area contributed by atoms with Crippen molar-refractivity contribution in [1.29, 1.82) is 0 Å². The zero-order valence-corrected chi connectivity index (χ0v) is 8.84. The fourth-order valence-electron chi connectivity index (χ4n) is 1.45. The van der Waals surface area contributed by atoms with Crippen LogP contribution in [0.3, 0.4) is 0 Å². The lowest BCUT2D eigenvalue weighted by Gasteiger charge is -2.17. The Morgan fingerprint density at radius 1 is 1.23 bits per heavy atom. The highest BCUT2D eigenvalue weighted by molar-refractivity contribution is 8.00. The molecule has 3 nitrogen and oxygen atoms in total. The Morgan fingerprint density at radius 3 is 2.38 bits per heavy atom. The molecule has 1 aliphatic rings. The molecule has 78 valence electrons. The van der Waals surface area contributed by atoms with E-state index in [0.29, 0.717) is 6.61 Å². The first-order chi connectivity index (χ1) is 6.24. The van der Waals surface area contributed by atoms with Gasteiger partial charge in [0.05, 0.1) is 11.9 Å². The molecule has 13 heavy (non-hydrogen) atoms.